The Labute approximate surface area is 166 Å². The van der Waals surface area contributed by atoms with Crippen molar-refractivity contribution in [1.29, 1.82) is 0 Å². The van der Waals surface area contributed by atoms with Crippen LogP contribution in [0.15, 0.2) is 62.7 Å². The summed E-state index contributed by atoms with van der Waals surface area (Å²) in [6.07, 6.45) is 3.55. The van der Waals surface area contributed by atoms with Gasteiger partial charge in [-0.15, -0.1) is 0 Å². The minimum Gasteiger partial charge on any atom is -0.360 e. The summed E-state index contributed by atoms with van der Waals surface area (Å²) >= 11 is 0. The summed E-state index contributed by atoms with van der Waals surface area (Å²) in [5.41, 5.74) is 2.18. The van der Waals surface area contributed by atoms with Gasteiger partial charge < -0.3 is 9.05 Å². The monoisotopic (exact) mass is 411 g/mol. The van der Waals surface area contributed by atoms with Crippen LogP contribution in [0.5, 0.6) is 0 Å². The molecule has 0 unspecified atom stereocenters. The molecule has 0 fully saturated rings. The summed E-state index contributed by atoms with van der Waals surface area (Å²) in [4.78, 5) is 8.38. The molecule has 0 bridgehead atoms. The summed E-state index contributed by atoms with van der Waals surface area (Å²) < 4.78 is 38.6. The Balaban J connectivity index is 1.61. The molecule has 148 valence electrons. The number of pyridine rings is 1. The van der Waals surface area contributed by atoms with Gasteiger partial charge in [-0.05, 0) is 37.6 Å². The number of aryl methyl sites for hydroxylation is 2. The van der Waals surface area contributed by atoms with Crippen molar-refractivity contribution in [2.75, 3.05) is 4.72 Å². The van der Waals surface area contributed by atoms with E-state index in [0.717, 1.165) is 5.56 Å². The molecule has 3 aromatic heterocycles. The van der Waals surface area contributed by atoms with Gasteiger partial charge in [-0.25, -0.2) is 8.42 Å². The fourth-order valence-electron chi connectivity index (χ4n) is 2.94. The van der Waals surface area contributed by atoms with Crippen LogP contribution in [-0.2, 0) is 16.4 Å². The van der Waals surface area contributed by atoms with E-state index in [-0.39, 0.29) is 17.1 Å². The van der Waals surface area contributed by atoms with E-state index in [2.05, 4.69) is 25.0 Å². The molecule has 29 heavy (non-hydrogen) atoms. The van der Waals surface area contributed by atoms with Crippen LogP contribution in [0.1, 0.15) is 22.9 Å². The van der Waals surface area contributed by atoms with Crippen molar-refractivity contribution < 1.29 is 17.5 Å². The molecule has 0 saturated heterocycles. The first-order valence-corrected chi connectivity index (χ1v) is 10.2. The van der Waals surface area contributed by atoms with Crippen molar-refractivity contribution >= 4 is 15.7 Å². The molecule has 0 atom stereocenters. The van der Waals surface area contributed by atoms with Gasteiger partial charge >= 0.3 is 0 Å². The third-order valence-electron chi connectivity index (χ3n) is 4.25. The highest BCUT2D eigenvalue weighted by molar-refractivity contribution is 7.92. The van der Waals surface area contributed by atoms with Gasteiger partial charge in [-0.1, -0.05) is 28.5 Å². The zero-order valence-corrected chi connectivity index (χ0v) is 16.5. The zero-order chi connectivity index (χ0) is 20.4. The number of sulfonamides is 1. The highest BCUT2D eigenvalue weighted by Crippen LogP contribution is 2.26. The number of hydrogen-bond donors (Lipinski definition) is 1. The predicted octanol–water partition coefficient (Wildman–Crippen LogP) is 3.13. The van der Waals surface area contributed by atoms with Crippen LogP contribution in [0.4, 0.5) is 5.69 Å². The van der Waals surface area contributed by atoms with Crippen molar-refractivity contribution in [2.24, 2.45) is 0 Å². The van der Waals surface area contributed by atoms with E-state index in [1.165, 1.54) is 0 Å². The van der Waals surface area contributed by atoms with Gasteiger partial charge in [0.2, 0.25) is 11.7 Å². The van der Waals surface area contributed by atoms with E-state index in [1.807, 2.05) is 6.07 Å². The molecule has 9 nitrogen and oxygen atoms in total. The maximum atomic E-state index is 12.8. The Hall–Kier alpha value is -3.53. The number of anilines is 1. The van der Waals surface area contributed by atoms with Gasteiger partial charge in [0, 0.05) is 18.0 Å². The van der Waals surface area contributed by atoms with Gasteiger partial charge in [-0.3, -0.25) is 9.71 Å². The standard InChI is InChI=1S/C19H17N5O4S/c1-12-18(13(2)27-22-12)29(25,26)24-16-6-4-3-5-15(16)11-17-21-19(23-28-17)14-7-9-20-10-8-14/h3-10,24H,11H2,1-2H3. The number of para-hydroxylation sites is 1. The molecule has 0 aliphatic carbocycles. The Morgan fingerprint density at radius 2 is 1.76 bits per heavy atom. The number of nitrogens with zero attached hydrogens (tertiary/aromatic N) is 4. The van der Waals surface area contributed by atoms with Crippen molar-refractivity contribution in [3.63, 3.8) is 0 Å². The van der Waals surface area contributed by atoms with Crippen LogP contribution >= 0.6 is 0 Å². The highest BCUT2D eigenvalue weighted by Gasteiger charge is 2.25. The lowest BCUT2D eigenvalue weighted by molar-refractivity contribution is 0.386. The number of aromatic nitrogens is 4. The first kappa shape index (κ1) is 18.8. The molecule has 0 aliphatic rings. The van der Waals surface area contributed by atoms with E-state index < -0.39 is 10.0 Å². The normalized spacial score (nSPS) is 11.5. The van der Waals surface area contributed by atoms with Gasteiger partial charge in [0.05, 0.1) is 12.1 Å². The lowest BCUT2D eigenvalue weighted by atomic mass is 10.1. The summed E-state index contributed by atoms with van der Waals surface area (Å²) in [5.74, 6) is 1.03. The highest BCUT2D eigenvalue weighted by atomic mass is 32.2. The van der Waals surface area contributed by atoms with E-state index in [9.17, 15) is 8.42 Å². The Morgan fingerprint density at radius 3 is 2.48 bits per heavy atom. The van der Waals surface area contributed by atoms with Crippen LogP contribution < -0.4 is 4.72 Å². The number of nitrogens with one attached hydrogen (secondary N) is 1. The molecule has 0 aliphatic heterocycles. The van der Waals surface area contributed by atoms with Crippen LogP contribution in [0.25, 0.3) is 11.4 Å². The topological polar surface area (TPSA) is 124 Å². The van der Waals surface area contributed by atoms with E-state index in [0.29, 0.717) is 28.7 Å². The quantitative estimate of drug-likeness (QED) is 0.513. The van der Waals surface area contributed by atoms with Gasteiger partial charge in [0.25, 0.3) is 10.0 Å². The lowest BCUT2D eigenvalue weighted by Crippen LogP contribution is -2.15. The van der Waals surface area contributed by atoms with Gasteiger partial charge in [0.1, 0.15) is 5.69 Å². The summed E-state index contributed by atoms with van der Waals surface area (Å²) in [5, 5.41) is 7.69. The molecule has 4 aromatic rings. The van der Waals surface area contributed by atoms with Gasteiger partial charge in [0.15, 0.2) is 10.7 Å². The minimum absolute atomic E-state index is 0.0325. The second-order valence-corrected chi connectivity index (χ2v) is 7.96. The third kappa shape index (κ3) is 3.87. The summed E-state index contributed by atoms with van der Waals surface area (Å²) in [7, 11) is -3.86. The van der Waals surface area contributed by atoms with Crippen molar-refractivity contribution in [3.05, 3.63) is 71.7 Å². The van der Waals surface area contributed by atoms with E-state index in [1.54, 1.807) is 56.6 Å². The maximum absolute atomic E-state index is 12.8. The molecule has 1 aromatic carbocycles. The molecular weight excluding hydrogens is 394 g/mol. The largest absolute Gasteiger partial charge is 0.360 e. The first-order valence-electron chi connectivity index (χ1n) is 8.70. The Morgan fingerprint density at radius 1 is 1.00 bits per heavy atom. The molecule has 0 amide bonds. The fraction of sp³-hybridized carbons (Fsp3) is 0.158. The van der Waals surface area contributed by atoms with Crippen LogP contribution in [-0.4, -0.2) is 28.7 Å². The van der Waals surface area contributed by atoms with Crippen LogP contribution in [0, 0.1) is 13.8 Å². The third-order valence-corrected chi connectivity index (χ3v) is 5.86. The van der Waals surface area contributed by atoms with Crippen LogP contribution in [0.3, 0.4) is 0 Å². The number of rotatable bonds is 6. The summed E-state index contributed by atoms with van der Waals surface area (Å²) in [6, 6.07) is 10.6. The fourth-order valence-corrected chi connectivity index (χ4v) is 4.37. The predicted molar refractivity (Wildman–Crippen MR) is 104 cm³/mol. The maximum Gasteiger partial charge on any atom is 0.267 e. The molecule has 0 saturated carbocycles. The second-order valence-electron chi connectivity index (χ2n) is 6.34. The van der Waals surface area contributed by atoms with Gasteiger partial charge in [-0.2, -0.15) is 4.98 Å². The minimum atomic E-state index is -3.86. The summed E-state index contributed by atoms with van der Waals surface area (Å²) in [6.45, 7) is 3.13. The van der Waals surface area contributed by atoms with E-state index in [4.69, 9.17) is 9.05 Å². The lowest BCUT2D eigenvalue weighted by Gasteiger charge is -2.11. The first-order chi connectivity index (χ1) is 13.9. The molecule has 10 heteroatoms. The molecule has 1 N–H and O–H groups in total. The van der Waals surface area contributed by atoms with Crippen molar-refractivity contribution in [2.45, 2.75) is 25.2 Å². The second kappa shape index (κ2) is 7.47. The van der Waals surface area contributed by atoms with E-state index >= 15 is 0 Å². The molecule has 3 heterocycles. The average molecular weight is 411 g/mol. The molecule has 0 radical (unpaired) electrons. The zero-order valence-electron chi connectivity index (χ0n) is 15.7. The average Bonchev–Trinajstić information content (AvgIpc) is 3.30. The van der Waals surface area contributed by atoms with Crippen molar-refractivity contribution in [1.82, 2.24) is 20.3 Å². The van der Waals surface area contributed by atoms with Crippen molar-refractivity contribution in [3.8, 4) is 11.4 Å². The Bertz CT molecular complexity index is 1230. The molecular formula is C19H17N5O4S. The molecule has 4 rings (SSSR count). The Kier molecular flexibility index (Phi) is 4.85. The SMILES string of the molecule is Cc1noc(C)c1S(=O)(=O)Nc1ccccc1Cc1nc(-c2ccncc2)no1. The number of hydrogen-bond acceptors (Lipinski definition) is 8. The smallest absolute Gasteiger partial charge is 0.267 e. The van der Waals surface area contributed by atoms with Crippen LogP contribution in [0.2, 0.25) is 0 Å². The number of benzene rings is 1. The molecule has 0 spiro atoms.